The second kappa shape index (κ2) is 4.08. The number of pyridine rings is 1. The summed E-state index contributed by atoms with van der Waals surface area (Å²) in [5, 5.41) is 0.368. The maximum absolute atomic E-state index is 11.9. The maximum atomic E-state index is 11.9. The predicted molar refractivity (Wildman–Crippen MR) is 50.3 cm³/mol. The number of fused-ring (bicyclic) bond motifs is 1. The van der Waals surface area contributed by atoms with Crippen LogP contribution in [0, 0.1) is 0 Å². The molecule has 0 saturated heterocycles. The Morgan fingerprint density at radius 2 is 2.24 bits per heavy atom. The third-order valence-electron chi connectivity index (χ3n) is 1.97. The molecule has 4 nitrogen and oxygen atoms in total. The van der Waals surface area contributed by atoms with Gasteiger partial charge in [-0.3, -0.25) is 4.98 Å². The molecule has 0 aliphatic carbocycles. The van der Waals surface area contributed by atoms with Gasteiger partial charge in [0.2, 0.25) is 0 Å². The first kappa shape index (κ1) is 11.4. The average molecular weight is 245 g/mol. The number of carbonyl (C=O) groups excluding carboxylic acids is 1. The molecule has 0 bridgehead atoms. The molecular weight excluding hydrogens is 239 g/mol. The van der Waals surface area contributed by atoms with E-state index < -0.39 is 18.8 Å². The summed E-state index contributed by atoms with van der Waals surface area (Å²) >= 11 is 0. The Balaban J connectivity index is 2.20. The molecule has 90 valence electrons. The molecule has 2 heterocycles. The quantitative estimate of drug-likeness (QED) is 0.763. The highest BCUT2D eigenvalue weighted by Gasteiger charge is 2.30. The van der Waals surface area contributed by atoms with E-state index in [9.17, 15) is 18.0 Å². The van der Waals surface area contributed by atoms with Gasteiger partial charge in [-0.15, -0.1) is 0 Å². The molecule has 2 rings (SSSR count). The number of hydrogen-bond acceptors (Lipinski definition) is 4. The third-order valence-corrected chi connectivity index (χ3v) is 1.97. The van der Waals surface area contributed by atoms with Crippen molar-refractivity contribution in [1.29, 1.82) is 0 Å². The summed E-state index contributed by atoms with van der Waals surface area (Å²) in [7, 11) is 0. The molecule has 2 aromatic heterocycles. The number of rotatable bonds is 2. The highest BCUT2D eigenvalue weighted by molar-refractivity contribution is 6.02. The van der Waals surface area contributed by atoms with E-state index in [2.05, 4.69) is 9.72 Å². The Morgan fingerprint density at radius 3 is 2.94 bits per heavy atom. The van der Waals surface area contributed by atoms with Crippen LogP contribution in [0.15, 0.2) is 29.1 Å². The zero-order valence-electron chi connectivity index (χ0n) is 8.32. The fraction of sp³-hybridized carbons (Fsp3) is 0.200. The van der Waals surface area contributed by atoms with Crippen molar-refractivity contribution in [3.8, 4) is 0 Å². The molecule has 0 unspecified atom stereocenters. The van der Waals surface area contributed by atoms with Crippen LogP contribution in [-0.2, 0) is 4.74 Å². The van der Waals surface area contributed by atoms with Crippen LogP contribution in [0.4, 0.5) is 13.2 Å². The van der Waals surface area contributed by atoms with Gasteiger partial charge in [-0.05, 0) is 6.07 Å². The molecule has 0 amide bonds. The lowest BCUT2D eigenvalue weighted by Crippen LogP contribution is -2.20. The van der Waals surface area contributed by atoms with Gasteiger partial charge in [0.15, 0.2) is 12.2 Å². The highest BCUT2D eigenvalue weighted by Crippen LogP contribution is 2.22. The molecule has 0 radical (unpaired) electrons. The van der Waals surface area contributed by atoms with E-state index >= 15 is 0 Å². The normalized spacial score (nSPS) is 11.7. The molecule has 17 heavy (non-hydrogen) atoms. The Morgan fingerprint density at radius 1 is 1.47 bits per heavy atom. The smallest absolute Gasteiger partial charge is 0.422 e. The van der Waals surface area contributed by atoms with E-state index in [1.54, 1.807) is 0 Å². The SMILES string of the molecule is O=C(OCC(F)(F)F)c1coc2cnccc12. The van der Waals surface area contributed by atoms with Crippen molar-refractivity contribution in [1.82, 2.24) is 4.98 Å². The number of esters is 1. The minimum Gasteiger partial charge on any atom is -0.462 e. The van der Waals surface area contributed by atoms with Crippen molar-refractivity contribution < 1.29 is 27.1 Å². The van der Waals surface area contributed by atoms with Gasteiger partial charge in [0.25, 0.3) is 0 Å². The lowest BCUT2D eigenvalue weighted by atomic mass is 10.2. The number of alkyl halides is 3. The van der Waals surface area contributed by atoms with Gasteiger partial charge in [0.05, 0.1) is 6.20 Å². The third kappa shape index (κ3) is 2.55. The Kier molecular flexibility index (Phi) is 2.74. The van der Waals surface area contributed by atoms with E-state index in [-0.39, 0.29) is 5.56 Å². The first-order valence-corrected chi connectivity index (χ1v) is 4.52. The first-order chi connectivity index (χ1) is 7.97. The average Bonchev–Trinajstić information content (AvgIpc) is 2.68. The maximum Gasteiger partial charge on any atom is 0.422 e. The molecule has 2 aromatic rings. The molecule has 7 heteroatoms. The monoisotopic (exact) mass is 245 g/mol. The van der Waals surface area contributed by atoms with Crippen LogP contribution < -0.4 is 0 Å². The zero-order valence-corrected chi connectivity index (χ0v) is 8.32. The first-order valence-electron chi connectivity index (χ1n) is 4.52. The fourth-order valence-corrected chi connectivity index (χ4v) is 1.27. The van der Waals surface area contributed by atoms with E-state index in [0.29, 0.717) is 11.0 Å². The summed E-state index contributed by atoms with van der Waals surface area (Å²) in [5.41, 5.74) is 0.262. The fourth-order valence-electron chi connectivity index (χ4n) is 1.27. The van der Waals surface area contributed by atoms with Crippen LogP contribution in [0.25, 0.3) is 11.0 Å². The molecular formula is C10H6F3NO3. The Labute approximate surface area is 93.0 Å². The number of hydrogen-bond donors (Lipinski definition) is 0. The summed E-state index contributed by atoms with van der Waals surface area (Å²) in [6, 6.07) is 1.46. The van der Waals surface area contributed by atoms with Gasteiger partial charge >= 0.3 is 12.1 Å². The molecule has 0 fully saturated rings. The standard InChI is InChI=1S/C10H6F3NO3/c11-10(12,13)5-17-9(15)7-4-16-8-3-14-2-1-6(7)8/h1-4H,5H2. The number of aromatic nitrogens is 1. The van der Waals surface area contributed by atoms with Crippen LogP contribution in [0.5, 0.6) is 0 Å². The molecule has 0 aliphatic rings. The van der Waals surface area contributed by atoms with E-state index in [0.717, 1.165) is 6.26 Å². The summed E-state index contributed by atoms with van der Waals surface area (Å²) in [6.07, 6.45) is -0.740. The highest BCUT2D eigenvalue weighted by atomic mass is 19.4. The summed E-state index contributed by atoms with van der Waals surface area (Å²) in [4.78, 5) is 15.1. The second-order valence-electron chi connectivity index (χ2n) is 3.21. The molecule has 0 spiro atoms. The minimum atomic E-state index is -4.54. The van der Waals surface area contributed by atoms with Gasteiger partial charge in [0, 0.05) is 11.6 Å². The Hall–Kier alpha value is -2.05. The number of ether oxygens (including phenoxy) is 1. The predicted octanol–water partition coefficient (Wildman–Crippen LogP) is 2.55. The zero-order chi connectivity index (χ0) is 12.5. The van der Waals surface area contributed by atoms with Crippen molar-refractivity contribution in [2.45, 2.75) is 6.18 Å². The minimum absolute atomic E-state index is 0.0494. The van der Waals surface area contributed by atoms with Crippen molar-refractivity contribution in [3.63, 3.8) is 0 Å². The largest absolute Gasteiger partial charge is 0.462 e. The number of carbonyl (C=O) groups is 1. The molecule has 0 aromatic carbocycles. The van der Waals surface area contributed by atoms with Crippen LogP contribution in [-0.4, -0.2) is 23.7 Å². The summed E-state index contributed by atoms with van der Waals surface area (Å²) in [5.74, 6) is -1.08. The topological polar surface area (TPSA) is 52.3 Å². The number of halogens is 3. The summed E-state index contributed by atoms with van der Waals surface area (Å²) in [6.45, 7) is -1.62. The van der Waals surface area contributed by atoms with Gasteiger partial charge in [-0.25, -0.2) is 4.79 Å². The van der Waals surface area contributed by atoms with E-state index in [4.69, 9.17) is 4.42 Å². The van der Waals surface area contributed by atoms with Crippen molar-refractivity contribution in [3.05, 3.63) is 30.3 Å². The molecule has 0 aliphatic heterocycles. The second-order valence-corrected chi connectivity index (χ2v) is 3.21. The summed E-state index contributed by atoms with van der Waals surface area (Å²) < 4.78 is 44.7. The molecule has 0 atom stereocenters. The Bertz CT molecular complexity index is 547. The van der Waals surface area contributed by atoms with Crippen molar-refractivity contribution in [2.24, 2.45) is 0 Å². The number of furan rings is 1. The number of nitrogens with zero attached hydrogens (tertiary/aromatic N) is 1. The van der Waals surface area contributed by atoms with Crippen LogP contribution in [0.3, 0.4) is 0 Å². The van der Waals surface area contributed by atoms with Gasteiger partial charge in [-0.2, -0.15) is 13.2 Å². The van der Waals surface area contributed by atoms with Crippen LogP contribution in [0.2, 0.25) is 0 Å². The van der Waals surface area contributed by atoms with Crippen molar-refractivity contribution in [2.75, 3.05) is 6.61 Å². The van der Waals surface area contributed by atoms with Gasteiger partial charge < -0.3 is 9.15 Å². The van der Waals surface area contributed by atoms with Crippen LogP contribution >= 0.6 is 0 Å². The van der Waals surface area contributed by atoms with Gasteiger partial charge in [0.1, 0.15) is 11.8 Å². The van der Waals surface area contributed by atoms with E-state index in [1.165, 1.54) is 18.5 Å². The molecule has 0 N–H and O–H groups in total. The van der Waals surface area contributed by atoms with Crippen molar-refractivity contribution >= 4 is 16.9 Å². The lowest BCUT2D eigenvalue weighted by Gasteiger charge is -2.06. The lowest BCUT2D eigenvalue weighted by molar-refractivity contribution is -0.161. The molecule has 0 saturated carbocycles. The van der Waals surface area contributed by atoms with Crippen LogP contribution in [0.1, 0.15) is 10.4 Å². The van der Waals surface area contributed by atoms with E-state index in [1.807, 2.05) is 0 Å². The van der Waals surface area contributed by atoms with Gasteiger partial charge in [-0.1, -0.05) is 0 Å².